The van der Waals surface area contributed by atoms with E-state index in [2.05, 4.69) is 22.1 Å². The predicted molar refractivity (Wildman–Crippen MR) is 102 cm³/mol. The standard InChI is InChI=1S/C21H14N2OS/c1-14-7-12-19-20(22-14)18(21(24)23-19)13-17-11-10-16(25-17)9-8-15-5-3-2-4-6-15/h2-7,10-13H,1H3,(H,23,24). The Morgan fingerprint density at radius 2 is 1.88 bits per heavy atom. The van der Waals surface area contributed by atoms with Crippen molar-refractivity contribution in [3.63, 3.8) is 0 Å². The Morgan fingerprint density at radius 3 is 2.72 bits per heavy atom. The lowest BCUT2D eigenvalue weighted by atomic mass is 10.1. The molecule has 0 atom stereocenters. The predicted octanol–water partition coefficient (Wildman–Crippen LogP) is 4.34. The van der Waals surface area contributed by atoms with Crippen LogP contribution in [-0.2, 0) is 4.79 Å². The fourth-order valence-electron chi connectivity index (χ4n) is 2.59. The van der Waals surface area contributed by atoms with E-state index in [4.69, 9.17) is 0 Å². The molecule has 0 aliphatic carbocycles. The molecule has 1 aliphatic heterocycles. The third-order valence-corrected chi connectivity index (χ3v) is 4.75. The fraction of sp³-hybridized carbons (Fsp3) is 0.0476. The van der Waals surface area contributed by atoms with E-state index in [9.17, 15) is 4.79 Å². The maximum atomic E-state index is 12.2. The third-order valence-electron chi connectivity index (χ3n) is 3.80. The number of hydrogen-bond acceptors (Lipinski definition) is 3. The van der Waals surface area contributed by atoms with Crippen molar-refractivity contribution < 1.29 is 4.79 Å². The number of fused-ring (bicyclic) bond motifs is 1. The van der Waals surface area contributed by atoms with Gasteiger partial charge < -0.3 is 5.32 Å². The summed E-state index contributed by atoms with van der Waals surface area (Å²) in [6.07, 6.45) is 1.88. The van der Waals surface area contributed by atoms with Gasteiger partial charge in [-0.05, 0) is 49.4 Å². The first-order valence-electron chi connectivity index (χ1n) is 7.87. The summed E-state index contributed by atoms with van der Waals surface area (Å²) in [5, 5.41) is 2.86. The second-order valence-corrected chi connectivity index (χ2v) is 6.79. The number of aryl methyl sites for hydroxylation is 1. The van der Waals surface area contributed by atoms with E-state index in [0.29, 0.717) is 5.57 Å². The average molecular weight is 342 g/mol. The van der Waals surface area contributed by atoms with Gasteiger partial charge in [-0.2, -0.15) is 0 Å². The van der Waals surface area contributed by atoms with Crippen molar-refractivity contribution in [2.75, 3.05) is 5.32 Å². The van der Waals surface area contributed by atoms with Gasteiger partial charge in [-0.15, -0.1) is 11.3 Å². The Hall–Kier alpha value is -3.16. The van der Waals surface area contributed by atoms with Crippen molar-refractivity contribution in [1.29, 1.82) is 0 Å². The van der Waals surface area contributed by atoms with Gasteiger partial charge in [0.2, 0.25) is 0 Å². The minimum absolute atomic E-state index is 0.113. The summed E-state index contributed by atoms with van der Waals surface area (Å²) in [7, 11) is 0. The van der Waals surface area contributed by atoms with Crippen LogP contribution >= 0.6 is 11.3 Å². The minimum Gasteiger partial charge on any atom is -0.320 e. The molecule has 1 amide bonds. The van der Waals surface area contributed by atoms with Gasteiger partial charge in [0.05, 0.1) is 21.8 Å². The number of amides is 1. The topological polar surface area (TPSA) is 42.0 Å². The van der Waals surface area contributed by atoms with Gasteiger partial charge in [0.25, 0.3) is 5.91 Å². The van der Waals surface area contributed by atoms with Gasteiger partial charge in [0.15, 0.2) is 0 Å². The fourth-order valence-corrected chi connectivity index (χ4v) is 3.39. The summed E-state index contributed by atoms with van der Waals surface area (Å²) in [6, 6.07) is 17.6. The lowest BCUT2D eigenvalue weighted by Gasteiger charge is -1.98. The first-order valence-corrected chi connectivity index (χ1v) is 8.69. The molecule has 3 nitrogen and oxygen atoms in total. The lowest BCUT2D eigenvalue weighted by Crippen LogP contribution is -2.03. The number of pyridine rings is 1. The molecule has 1 aliphatic rings. The van der Waals surface area contributed by atoms with Crippen LogP contribution in [0.15, 0.2) is 54.6 Å². The smallest absolute Gasteiger partial charge is 0.258 e. The van der Waals surface area contributed by atoms with Crippen LogP contribution in [0.3, 0.4) is 0 Å². The number of thiophene rings is 1. The number of nitrogens with one attached hydrogen (secondary N) is 1. The van der Waals surface area contributed by atoms with E-state index < -0.39 is 0 Å². The van der Waals surface area contributed by atoms with Gasteiger partial charge in [0.1, 0.15) is 0 Å². The largest absolute Gasteiger partial charge is 0.320 e. The molecule has 0 fully saturated rings. The molecule has 0 unspecified atom stereocenters. The highest BCUT2D eigenvalue weighted by molar-refractivity contribution is 7.13. The summed E-state index contributed by atoms with van der Waals surface area (Å²) < 4.78 is 0. The SMILES string of the molecule is Cc1ccc2c(n1)C(=Cc1ccc(C#Cc3ccccc3)s1)C(=O)N2. The number of anilines is 1. The Labute approximate surface area is 150 Å². The van der Waals surface area contributed by atoms with Crippen molar-refractivity contribution in [1.82, 2.24) is 4.98 Å². The Balaban J connectivity index is 1.64. The molecule has 0 saturated carbocycles. The van der Waals surface area contributed by atoms with Crippen molar-refractivity contribution in [3.05, 3.63) is 81.3 Å². The van der Waals surface area contributed by atoms with Crippen molar-refractivity contribution in [2.24, 2.45) is 0 Å². The Bertz CT molecular complexity index is 1050. The molecule has 0 spiro atoms. The molecule has 1 aromatic carbocycles. The third kappa shape index (κ3) is 3.23. The number of hydrogen-bond donors (Lipinski definition) is 1. The average Bonchev–Trinajstić information content (AvgIpc) is 3.19. The molecule has 4 heteroatoms. The molecule has 4 rings (SSSR count). The zero-order chi connectivity index (χ0) is 17.2. The van der Waals surface area contributed by atoms with Gasteiger partial charge in [-0.3, -0.25) is 9.78 Å². The number of aromatic nitrogens is 1. The summed E-state index contributed by atoms with van der Waals surface area (Å²) >= 11 is 1.56. The molecule has 0 radical (unpaired) electrons. The van der Waals surface area contributed by atoms with Gasteiger partial charge in [0, 0.05) is 16.1 Å². The molecule has 3 heterocycles. The van der Waals surface area contributed by atoms with Crippen LogP contribution in [-0.4, -0.2) is 10.9 Å². The number of carbonyl (C=O) groups excluding carboxylic acids is 1. The summed E-state index contributed by atoms with van der Waals surface area (Å²) in [5.41, 5.74) is 3.96. The number of carbonyl (C=O) groups is 1. The highest BCUT2D eigenvalue weighted by atomic mass is 32.1. The minimum atomic E-state index is -0.113. The van der Waals surface area contributed by atoms with Gasteiger partial charge in [-0.1, -0.05) is 30.0 Å². The van der Waals surface area contributed by atoms with Crippen LogP contribution < -0.4 is 5.32 Å². The molecule has 0 bridgehead atoms. The van der Waals surface area contributed by atoms with E-state index >= 15 is 0 Å². The zero-order valence-electron chi connectivity index (χ0n) is 13.5. The quantitative estimate of drug-likeness (QED) is 0.528. The lowest BCUT2D eigenvalue weighted by molar-refractivity contribution is -0.110. The zero-order valence-corrected chi connectivity index (χ0v) is 14.4. The molecule has 2 aromatic heterocycles. The summed E-state index contributed by atoms with van der Waals surface area (Å²) in [4.78, 5) is 18.7. The van der Waals surface area contributed by atoms with Gasteiger partial charge in [-0.25, -0.2) is 0 Å². The van der Waals surface area contributed by atoms with Crippen LogP contribution in [0.2, 0.25) is 0 Å². The second-order valence-electron chi connectivity index (χ2n) is 5.68. The highest BCUT2D eigenvalue weighted by Crippen LogP contribution is 2.32. The number of rotatable bonds is 1. The van der Waals surface area contributed by atoms with Crippen molar-refractivity contribution >= 4 is 34.6 Å². The molecule has 25 heavy (non-hydrogen) atoms. The summed E-state index contributed by atoms with van der Waals surface area (Å²) in [6.45, 7) is 1.92. The first kappa shape index (κ1) is 15.4. The molecule has 3 aromatic rings. The van der Waals surface area contributed by atoms with Crippen LogP contribution in [0.5, 0.6) is 0 Å². The monoisotopic (exact) mass is 342 g/mol. The van der Waals surface area contributed by atoms with E-state index in [0.717, 1.165) is 32.4 Å². The van der Waals surface area contributed by atoms with E-state index in [1.807, 2.05) is 67.6 Å². The number of benzene rings is 1. The van der Waals surface area contributed by atoms with Crippen LogP contribution in [0, 0.1) is 18.8 Å². The second kappa shape index (κ2) is 6.39. The van der Waals surface area contributed by atoms with Crippen molar-refractivity contribution in [3.8, 4) is 11.8 Å². The van der Waals surface area contributed by atoms with E-state index in [1.165, 1.54) is 0 Å². The highest BCUT2D eigenvalue weighted by Gasteiger charge is 2.25. The Kier molecular flexibility index (Phi) is 3.93. The van der Waals surface area contributed by atoms with Crippen LogP contribution in [0.25, 0.3) is 11.6 Å². The summed E-state index contributed by atoms with van der Waals surface area (Å²) in [5.74, 6) is 6.20. The van der Waals surface area contributed by atoms with Crippen molar-refractivity contribution in [2.45, 2.75) is 6.92 Å². The van der Waals surface area contributed by atoms with Crippen LogP contribution in [0.4, 0.5) is 5.69 Å². The maximum absolute atomic E-state index is 12.2. The molecular formula is C21H14N2OS. The van der Waals surface area contributed by atoms with Crippen LogP contribution in [0.1, 0.15) is 26.7 Å². The van der Waals surface area contributed by atoms with E-state index in [-0.39, 0.29) is 5.91 Å². The molecule has 120 valence electrons. The molecule has 1 N–H and O–H groups in total. The first-order chi connectivity index (χ1) is 12.2. The van der Waals surface area contributed by atoms with E-state index in [1.54, 1.807) is 11.3 Å². The molecular weight excluding hydrogens is 328 g/mol. The molecule has 0 saturated heterocycles. The normalized spacial score (nSPS) is 14.0. The number of nitrogens with zero attached hydrogens (tertiary/aromatic N) is 1. The Morgan fingerprint density at radius 1 is 1.04 bits per heavy atom. The van der Waals surface area contributed by atoms with Gasteiger partial charge >= 0.3 is 0 Å². The maximum Gasteiger partial charge on any atom is 0.258 e.